The van der Waals surface area contributed by atoms with Gasteiger partial charge in [0.1, 0.15) is 16.6 Å². The molecular formula is C14H17ClN4O3. The molecule has 0 unspecified atom stereocenters. The molecule has 1 amide bonds. The van der Waals surface area contributed by atoms with Crippen LogP contribution in [0.3, 0.4) is 0 Å². The lowest BCUT2D eigenvalue weighted by Crippen LogP contribution is -2.35. The Balaban J connectivity index is 2.51. The number of hydrogen-bond acceptors (Lipinski definition) is 5. The molecule has 2 heterocycles. The van der Waals surface area contributed by atoms with Crippen molar-refractivity contribution in [2.24, 2.45) is 0 Å². The van der Waals surface area contributed by atoms with E-state index in [4.69, 9.17) is 16.3 Å². The van der Waals surface area contributed by atoms with E-state index in [-0.39, 0.29) is 10.9 Å². The van der Waals surface area contributed by atoms with Gasteiger partial charge >= 0.3 is 6.09 Å². The second-order valence-corrected chi connectivity index (χ2v) is 6.21. The normalized spacial score (nSPS) is 11.5. The van der Waals surface area contributed by atoms with Gasteiger partial charge in [0.05, 0.1) is 11.8 Å². The molecule has 0 atom stereocenters. The number of Topliss-reactive ketones (excluding diaryl/α,β-unsaturated/α-hetero) is 1. The molecule has 2 rings (SSSR count). The lowest BCUT2D eigenvalue weighted by molar-refractivity contribution is 0.0587. The first-order chi connectivity index (χ1) is 10.1. The van der Waals surface area contributed by atoms with E-state index in [1.807, 2.05) is 0 Å². The second kappa shape index (κ2) is 5.57. The minimum atomic E-state index is -0.629. The van der Waals surface area contributed by atoms with Crippen LogP contribution in [0.4, 0.5) is 10.6 Å². The van der Waals surface area contributed by atoms with Gasteiger partial charge in [0.15, 0.2) is 11.4 Å². The van der Waals surface area contributed by atoms with Crippen molar-refractivity contribution in [3.63, 3.8) is 0 Å². The first-order valence-electron chi connectivity index (χ1n) is 6.62. The third-order valence-corrected chi connectivity index (χ3v) is 3.01. The Morgan fingerprint density at radius 2 is 2.00 bits per heavy atom. The summed E-state index contributed by atoms with van der Waals surface area (Å²) in [5.41, 5.74) is 0.00223. The Bertz CT molecular complexity index is 748. The first kappa shape index (κ1) is 16.2. The molecule has 0 saturated carbocycles. The molecule has 2 aromatic heterocycles. The summed E-state index contributed by atoms with van der Waals surface area (Å²) >= 11 is 6.00. The number of halogens is 1. The Labute approximate surface area is 132 Å². The maximum atomic E-state index is 12.2. The summed E-state index contributed by atoms with van der Waals surface area (Å²) in [5, 5.41) is 4.26. The minimum absolute atomic E-state index is 0.154. The largest absolute Gasteiger partial charge is 0.443 e. The smallest absolute Gasteiger partial charge is 0.415 e. The molecule has 0 aliphatic heterocycles. The number of carbonyl (C=O) groups is 2. The molecule has 7 nitrogen and oxygen atoms in total. The molecule has 0 radical (unpaired) electrons. The van der Waals surface area contributed by atoms with Gasteiger partial charge in [-0.15, -0.1) is 0 Å². The summed E-state index contributed by atoms with van der Waals surface area (Å²) < 4.78 is 6.69. The Kier molecular flexibility index (Phi) is 4.10. The van der Waals surface area contributed by atoms with Crippen LogP contribution in [0.2, 0.25) is 5.15 Å². The van der Waals surface area contributed by atoms with Gasteiger partial charge in [-0.1, -0.05) is 11.6 Å². The zero-order valence-corrected chi connectivity index (χ0v) is 13.8. The number of ketones is 1. The van der Waals surface area contributed by atoms with Gasteiger partial charge in [-0.2, -0.15) is 9.61 Å². The van der Waals surface area contributed by atoms with Crippen LogP contribution in [0.15, 0.2) is 12.3 Å². The van der Waals surface area contributed by atoms with Gasteiger partial charge in [-0.05, 0) is 27.7 Å². The standard InChI is InChI=1S/C14H17ClN4O3/c1-8(20)9-7-16-19-11(6-10(15)17-12(9)19)18(5)13(21)22-14(2,3)4/h6-7H,1-5H3. The SMILES string of the molecule is CC(=O)c1cnn2c(N(C)C(=O)OC(C)(C)C)cc(Cl)nc12. The highest BCUT2D eigenvalue weighted by Crippen LogP contribution is 2.23. The highest BCUT2D eigenvalue weighted by atomic mass is 35.5. The van der Waals surface area contributed by atoms with Crippen LogP contribution >= 0.6 is 11.6 Å². The van der Waals surface area contributed by atoms with E-state index in [9.17, 15) is 9.59 Å². The van der Waals surface area contributed by atoms with E-state index >= 15 is 0 Å². The fourth-order valence-corrected chi connectivity index (χ4v) is 2.01. The molecule has 0 saturated heterocycles. The van der Waals surface area contributed by atoms with Crippen molar-refractivity contribution in [1.82, 2.24) is 14.6 Å². The van der Waals surface area contributed by atoms with Crippen LogP contribution in [-0.2, 0) is 4.74 Å². The molecule has 8 heteroatoms. The van der Waals surface area contributed by atoms with Crippen molar-refractivity contribution in [3.8, 4) is 0 Å². The second-order valence-electron chi connectivity index (χ2n) is 5.83. The van der Waals surface area contributed by atoms with Crippen molar-refractivity contribution in [3.05, 3.63) is 23.0 Å². The van der Waals surface area contributed by atoms with Gasteiger partial charge in [-0.3, -0.25) is 9.69 Å². The highest BCUT2D eigenvalue weighted by Gasteiger charge is 2.24. The summed E-state index contributed by atoms with van der Waals surface area (Å²) in [6.45, 7) is 6.73. The van der Waals surface area contributed by atoms with Crippen LogP contribution in [0, 0.1) is 0 Å². The van der Waals surface area contributed by atoms with E-state index in [1.165, 1.54) is 35.6 Å². The average molecular weight is 325 g/mol. The summed E-state index contributed by atoms with van der Waals surface area (Å²) in [5.74, 6) is 0.174. The van der Waals surface area contributed by atoms with Crippen LogP contribution in [0.1, 0.15) is 38.1 Å². The third kappa shape index (κ3) is 3.19. The number of hydrogen-bond donors (Lipinski definition) is 0. The molecule has 2 aromatic rings. The van der Waals surface area contributed by atoms with Crippen molar-refractivity contribution in [1.29, 1.82) is 0 Å². The maximum Gasteiger partial charge on any atom is 0.415 e. The summed E-state index contributed by atoms with van der Waals surface area (Å²) in [4.78, 5) is 29.1. The minimum Gasteiger partial charge on any atom is -0.443 e. The highest BCUT2D eigenvalue weighted by molar-refractivity contribution is 6.30. The quantitative estimate of drug-likeness (QED) is 0.627. The molecule has 118 valence electrons. The molecule has 0 aliphatic carbocycles. The van der Waals surface area contributed by atoms with E-state index in [1.54, 1.807) is 20.8 Å². The number of carbonyl (C=O) groups excluding carboxylic acids is 2. The van der Waals surface area contributed by atoms with Gasteiger partial charge in [0.25, 0.3) is 0 Å². The Hall–Kier alpha value is -2.15. The molecule has 0 fully saturated rings. The number of aromatic nitrogens is 3. The molecular weight excluding hydrogens is 308 g/mol. The first-order valence-corrected chi connectivity index (χ1v) is 7.00. The Morgan fingerprint density at radius 3 is 2.55 bits per heavy atom. The van der Waals surface area contributed by atoms with E-state index in [2.05, 4.69) is 10.1 Å². The predicted octanol–water partition coefficient (Wildman–Crippen LogP) is 2.96. The molecule has 0 aromatic carbocycles. The zero-order chi connectivity index (χ0) is 16.7. The molecule has 0 spiro atoms. The van der Waals surface area contributed by atoms with Gasteiger partial charge < -0.3 is 4.74 Å². The number of anilines is 1. The van der Waals surface area contributed by atoms with E-state index in [0.29, 0.717) is 17.0 Å². The van der Waals surface area contributed by atoms with Gasteiger partial charge in [0, 0.05) is 13.1 Å². The number of amides is 1. The van der Waals surface area contributed by atoms with Crippen molar-refractivity contribution < 1.29 is 14.3 Å². The maximum absolute atomic E-state index is 12.2. The molecule has 22 heavy (non-hydrogen) atoms. The Morgan fingerprint density at radius 1 is 1.36 bits per heavy atom. The van der Waals surface area contributed by atoms with Gasteiger partial charge in [0.2, 0.25) is 0 Å². The average Bonchev–Trinajstić information content (AvgIpc) is 2.78. The fraction of sp³-hybridized carbons (Fsp3) is 0.429. The van der Waals surface area contributed by atoms with Crippen molar-refractivity contribution in [2.75, 3.05) is 11.9 Å². The molecule has 0 bridgehead atoms. The third-order valence-electron chi connectivity index (χ3n) is 2.81. The summed E-state index contributed by atoms with van der Waals surface area (Å²) in [6.07, 6.45) is 0.837. The number of nitrogens with zero attached hydrogens (tertiary/aromatic N) is 4. The summed E-state index contributed by atoms with van der Waals surface area (Å²) in [7, 11) is 1.54. The lowest BCUT2D eigenvalue weighted by Gasteiger charge is -2.24. The van der Waals surface area contributed by atoms with E-state index < -0.39 is 11.7 Å². The molecule has 0 N–H and O–H groups in total. The predicted molar refractivity (Wildman–Crippen MR) is 82.6 cm³/mol. The topological polar surface area (TPSA) is 76.8 Å². The van der Waals surface area contributed by atoms with E-state index in [0.717, 1.165) is 0 Å². The number of ether oxygens (including phenoxy) is 1. The zero-order valence-electron chi connectivity index (χ0n) is 13.0. The van der Waals surface area contributed by atoms with Crippen molar-refractivity contribution >= 4 is 34.9 Å². The van der Waals surface area contributed by atoms with Crippen molar-refractivity contribution in [2.45, 2.75) is 33.3 Å². The van der Waals surface area contributed by atoms with Gasteiger partial charge in [-0.25, -0.2) is 9.78 Å². The fourth-order valence-electron chi connectivity index (χ4n) is 1.83. The lowest BCUT2D eigenvalue weighted by atomic mass is 10.2. The molecule has 0 aliphatic rings. The van der Waals surface area contributed by atoms with Crippen LogP contribution in [-0.4, -0.2) is 39.1 Å². The van der Waals surface area contributed by atoms with Crippen LogP contribution < -0.4 is 4.90 Å². The monoisotopic (exact) mass is 324 g/mol. The van der Waals surface area contributed by atoms with Crippen LogP contribution in [0.25, 0.3) is 5.65 Å². The summed E-state index contributed by atoms with van der Waals surface area (Å²) in [6, 6.07) is 1.48. The number of fused-ring (bicyclic) bond motifs is 1. The van der Waals surface area contributed by atoms with Crippen LogP contribution in [0.5, 0.6) is 0 Å². The number of rotatable bonds is 2.